The van der Waals surface area contributed by atoms with Crippen LogP contribution in [0.25, 0.3) is 6.08 Å². The number of hydrogen-bond acceptors (Lipinski definition) is 4. The fourth-order valence-corrected chi connectivity index (χ4v) is 5.12. The van der Waals surface area contributed by atoms with Gasteiger partial charge in [-0.1, -0.05) is 67.3 Å². The molecular weight excluding hydrogens is 424 g/mol. The molecule has 4 rings (SSSR count). The van der Waals surface area contributed by atoms with E-state index in [2.05, 4.69) is 18.7 Å². The van der Waals surface area contributed by atoms with Gasteiger partial charge in [-0.3, -0.25) is 4.79 Å². The van der Waals surface area contributed by atoms with Crippen LogP contribution in [-0.2, 0) is 26.3 Å². The van der Waals surface area contributed by atoms with E-state index in [0.29, 0.717) is 17.9 Å². The normalized spacial score (nSPS) is 22.8. The van der Waals surface area contributed by atoms with E-state index in [-0.39, 0.29) is 17.8 Å². The van der Waals surface area contributed by atoms with Crippen molar-refractivity contribution in [3.05, 3.63) is 89.5 Å². The third-order valence-corrected chi connectivity index (χ3v) is 6.80. The van der Waals surface area contributed by atoms with Crippen molar-refractivity contribution in [2.24, 2.45) is 17.8 Å². The lowest BCUT2D eigenvalue weighted by atomic mass is 9.85. The average molecular weight is 459 g/mol. The van der Waals surface area contributed by atoms with Crippen molar-refractivity contribution >= 4 is 18.0 Å². The molecule has 0 aliphatic heterocycles. The van der Waals surface area contributed by atoms with Crippen LogP contribution in [0.5, 0.6) is 0 Å². The molecule has 4 atom stereocenters. The van der Waals surface area contributed by atoms with E-state index < -0.39 is 17.2 Å². The van der Waals surface area contributed by atoms with E-state index in [1.165, 1.54) is 0 Å². The molecule has 2 bridgehead atoms. The topological polar surface area (TPSA) is 52.6 Å². The second kappa shape index (κ2) is 9.25. The molecule has 1 saturated carbocycles. The molecule has 0 heterocycles. The summed E-state index contributed by atoms with van der Waals surface area (Å²) in [4.78, 5) is 26.4. The predicted octanol–water partition coefficient (Wildman–Crippen LogP) is 6.50. The van der Waals surface area contributed by atoms with Crippen LogP contribution in [0.3, 0.4) is 0 Å². The summed E-state index contributed by atoms with van der Waals surface area (Å²) in [5, 5.41) is 0. The van der Waals surface area contributed by atoms with Gasteiger partial charge in [0.25, 0.3) is 0 Å². The number of carbonyl (C=O) groups is 2. The molecule has 4 heteroatoms. The number of allylic oxidation sites excluding steroid dienone is 2. The van der Waals surface area contributed by atoms with Crippen molar-refractivity contribution in [1.82, 2.24) is 0 Å². The van der Waals surface area contributed by atoms with Gasteiger partial charge in [-0.2, -0.15) is 0 Å². The van der Waals surface area contributed by atoms with Gasteiger partial charge < -0.3 is 9.47 Å². The third kappa shape index (κ3) is 5.16. The molecule has 0 spiro atoms. The summed E-state index contributed by atoms with van der Waals surface area (Å²) in [7, 11) is 0. The molecule has 2 aliphatic carbocycles. The number of hydrogen-bond donors (Lipinski definition) is 0. The number of carbonyl (C=O) groups excluding carboxylic acids is 2. The van der Waals surface area contributed by atoms with Crippen LogP contribution in [-0.4, -0.2) is 17.5 Å². The fourth-order valence-electron chi connectivity index (χ4n) is 5.12. The van der Waals surface area contributed by atoms with E-state index in [9.17, 15) is 9.59 Å². The lowest BCUT2D eigenvalue weighted by Crippen LogP contribution is -2.36. The maximum absolute atomic E-state index is 13.4. The van der Waals surface area contributed by atoms with Gasteiger partial charge in [0.2, 0.25) is 0 Å². The second-order valence-electron chi connectivity index (χ2n) is 10.7. The van der Waals surface area contributed by atoms with Gasteiger partial charge in [-0.25, -0.2) is 4.79 Å². The second-order valence-corrected chi connectivity index (χ2v) is 10.7. The van der Waals surface area contributed by atoms with Gasteiger partial charge >= 0.3 is 11.9 Å². The molecular formula is C30H34O4. The van der Waals surface area contributed by atoms with E-state index in [0.717, 1.165) is 29.5 Å². The zero-order chi connectivity index (χ0) is 24.5. The van der Waals surface area contributed by atoms with Crippen molar-refractivity contribution in [3.63, 3.8) is 0 Å². The van der Waals surface area contributed by atoms with Crippen LogP contribution >= 0.6 is 0 Å². The first kappa shape index (κ1) is 24.0. The predicted molar refractivity (Wildman–Crippen MR) is 134 cm³/mol. The summed E-state index contributed by atoms with van der Waals surface area (Å²) < 4.78 is 12.0. The summed E-state index contributed by atoms with van der Waals surface area (Å²) >= 11 is 0. The van der Waals surface area contributed by atoms with E-state index in [4.69, 9.17) is 9.47 Å². The highest BCUT2D eigenvalue weighted by molar-refractivity contribution is 5.92. The molecule has 4 unspecified atom stereocenters. The van der Waals surface area contributed by atoms with Gasteiger partial charge in [0, 0.05) is 6.42 Å². The molecule has 1 fully saturated rings. The van der Waals surface area contributed by atoms with Crippen molar-refractivity contribution in [2.45, 2.75) is 58.2 Å². The highest BCUT2D eigenvalue weighted by atomic mass is 16.6. The SMILES string of the molecule is C=Cc1ccc(C(=O)OC(C)(C)C)c(CC(C)(OC(=O)C2CC3C=CC2C3)c2ccccc2)c1. The Morgan fingerprint density at radius 1 is 1.00 bits per heavy atom. The first-order valence-electron chi connectivity index (χ1n) is 12.0. The van der Waals surface area contributed by atoms with E-state index in [1.807, 2.05) is 70.2 Å². The first-order chi connectivity index (χ1) is 16.1. The Morgan fingerprint density at radius 2 is 1.74 bits per heavy atom. The Morgan fingerprint density at radius 3 is 2.32 bits per heavy atom. The lowest BCUT2D eigenvalue weighted by molar-refractivity contribution is -0.165. The summed E-state index contributed by atoms with van der Waals surface area (Å²) in [5.41, 5.74) is 1.46. The molecule has 0 aromatic heterocycles. The summed E-state index contributed by atoms with van der Waals surface area (Å²) in [6.07, 6.45) is 8.35. The Bertz CT molecular complexity index is 1110. The first-order valence-corrected chi connectivity index (χ1v) is 12.0. The smallest absolute Gasteiger partial charge is 0.338 e. The van der Waals surface area contributed by atoms with Gasteiger partial charge in [-0.15, -0.1) is 0 Å². The van der Waals surface area contributed by atoms with Crippen LogP contribution < -0.4 is 0 Å². The Hall–Kier alpha value is -3.14. The molecule has 0 amide bonds. The quantitative estimate of drug-likeness (QED) is 0.351. The minimum Gasteiger partial charge on any atom is -0.456 e. The van der Waals surface area contributed by atoms with Crippen molar-refractivity contribution in [3.8, 4) is 0 Å². The van der Waals surface area contributed by atoms with E-state index >= 15 is 0 Å². The molecule has 178 valence electrons. The van der Waals surface area contributed by atoms with Crippen LogP contribution in [0.2, 0.25) is 0 Å². The summed E-state index contributed by atoms with van der Waals surface area (Å²) in [5.74, 6) is 0.0791. The highest BCUT2D eigenvalue weighted by Crippen LogP contribution is 2.45. The average Bonchev–Trinajstić information content (AvgIpc) is 3.42. The fraction of sp³-hybridized carbons (Fsp3) is 0.400. The summed E-state index contributed by atoms with van der Waals surface area (Å²) in [6, 6.07) is 15.3. The van der Waals surface area contributed by atoms with Crippen LogP contribution in [0, 0.1) is 17.8 Å². The Kier molecular flexibility index (Phi) is 6.53. The largest absolute Gasteiger partial charge is 0.456 e. The van der Waals surface area contributed by atoms with Gasteiger partial charge in [0.15, 0.2) is 0 Å². The van der Waals surface area contributed by atoms with Crippen molar-refractivity contribution < 1.29 is 19.1 Å². The number of esters is 2. The number of rotatable bonds is 7. The van der Waals surface area contributed by atoms with Crippen LogP contribution in [0.4, 0.5) is 0 Å². The third-order valence-electron chi connectivity index (χ3n) is 6.80. The molecule has 2 aromatic carbocycles. The van der Waals surface area contributed by atoms with Gasteiger partial charge in [0.1, 0.15) is 11.2 Å². The molecule has 0 saturated heterocycles. The van der Waals surface area contributed by atoms with Gasteiger partial charge in [-0.05, 0) is 75.1 Å². The zero-order valence-corrected chi connectivity index (χ0v) is 20.5. The molecule has 0 radical (unpaired) electrons. The standard InChI is InChI=1S/C30H34O4/c1-6-20-13-15-25(27(31)33-29(2,3)4)23(16-20)19-30(5,24-10-8-7-9-11-24)34-28(32)26-18-21-12-14-22(26)17-21/h6-16,21-22,26H,1,17-19H2,2-5H3. The Balaban J connectivity index is 1.69. The maximum atomic E-state index is 13.4. The lowest BCUT2D eigenvalue weighted by Gasteiger charge is -2.33. The Labute approximate surface area is 202 Å². The molecule has 34 heavy (non-hydrogen) atoms. The number of ether oxygens (including phenoxy) is 2. The molecule has 4 nitrogen and oxygen atoms in total. The minimum atomic E-state index is -0.944. The highest BCUT2D eigenvalue weighted by Gasteiger charge is 2.43. The monoisotopic (exact) mass is 458 g/mol. The zero-order valence-electron chi connectivity index (χ0n) is 20.5. The van der Waals surface area contributed by atoms with Crippen LogP contribution in [0.15, 0.2) is 67.3 Å². The number of benzene rings is 2. The van der Waals surface area contributed by atoms with Crippen molar-refractivity contribution in [2.75, 3.05) is 0 Å². The molecule has 0 N–H and O–H groups in total. The number of fused-ring (bicyclic) bond motifs is 2. The molecule has 2 aliphatic rings. The van der Waals surface area contributed by atoms with Crippen molar-refractivity contribution in [1.29, 1.82) is 0 Å². The minimum absolute atomic E-state index is 0.108. The van der Waals surface area contributed by atoms with E-state index in [1.54, 1.807) is 12.1 Å². The molecule has 2 aromatic rings. The van der Waals surface area contributed by atoms with Gasteiger partial charge in [0.05, 0.1) is 11.5 Å². The maximum Gasteiger partial charge on any atom is 0.338 e. The summed E-state index contributed by atoms with van der Waals surface area (Å²) in [6.45, 7) is 11.4. The van der Waals surface area contributed by atoms with Crippen LogP contribution in [0.1, 0.15) is 67.6 Å².